The van der Waals surface area contributed by atoms with Gasteiger partial charge in [0.05, 0.1) is 4.88 Å². The number of hydrogen-bond donors (Lipinski definition) is 0. The molecule has 0 unspecified atom stereocenters. The minimum absolute atomic E-state index is 0.102. The van der Waals surface area contributed by atoms with Crippen LogP contribution in [0.5, 0.6) is 0 Å². The molecule has 100 valence electrons. The molecule has 0 fully saturated rings. The van der Waals surface area contributed by atoms with E-state index in [4.69, 9.17) is 0 Å². The van der Waals surface area contributed by atoms with Crippen molar-refractivity contribution in [3.05, 3.63) is 56.8 Å². The van der Waals surface area contributed by atoms with Crippen LogP contribution in [0.3, 0.4) is 0 Å². The Morgan fingerprint density at radius 2 is 1.74 bits per heavy atom. The molecule has 19 heavy (non-hydrogen) atoms. The lowest BCUT2D eigenvalue weighted by Crippen LogP contribution is -2.08. The van der Waals surface area contributed by atoms with Gasteiger partial charge in [-0.1, -0.05) is 38.5 Å². The summed E-state index contributed by atoms with van der Waals surface area (Å²) in [6.45, 7) is 10.5. The summed E-state index contributed by atoms with van der Waals surface area (Å²) in [6, 6.07) is 10.1. The van der Waals surface area contributed by atoms with Crippen LogP contribution in [0, 0.1) is 13.8 Å². The van der Waals surface area contributed by atoms with E-state index in [1.54, 1.807) is 11.3 Å². The zero-order chi connectivity index (χ0) is 14.2. The van der Waals surface area contributed by atoms with E-state index in [0.717, 1.165) is 21.6 Å². The van der Waals surface area contributed by atoms with Crippen molar-refractivity contribution in [2.75, 3.05) is 0 Å². The molecule has 2 rings (SSSR count). The van der Waals surface area contributed by atoms with Crippen molar-refractivity contribution in [2.24, 2.45) is 0 Å². The summed E-state index contributed by atoms with van der Waals surface area (Å²) < 4.78 is 0. The molecule has 0 spiro atoms. The Labute approximate surface area is 119 Å². The largest absolute Gasteiger partial charge is 0.288 e. The summed E-state index contributed by atoms with van der Waals surface area (Å²) in [5.41, 5.74) is 3.09. The highest BCUT2D eigenvalue weighted by molar-refractivity contribution is 7.14. The second-order valence-electron chi connectivity index (χ2n) is 6.06. The van der Waals surface area contributed by atoms with Crippen molar-refractivity contribution < 1.29 is 4.79 Å². The maximum absolute atomic E-state index is 12.6. The Morgan fingerprint density at radius 1 is 1.05 bits per heavy atom. The van der Waals surface area contributed by atoms with Crippen molar-refractivity contribution in [3.63, 3.8) is 0 Å². The summed E-state index contributed by atoms with van der Waals surface area (Å²) in [6.07, 6.45) is 0. The van der Waals surface area contributed by atoms with E-state index in [2.05, 4.69) is 26.8 Å². The van der Waals surface area contributed by atoms with Gasteiger partial charge in [-0.2, -0.15) is 0 Å². The number of carbonyl (C=O) groups excluding carboxylic acids is 1. The standard InChI is InChI=1S/C17H20OS/c1-11-6-7-12(2)13(10-11)16(18)14-8-9-15(19-14)17(3,4)5/h6-10H,1-5H3. The lowest BCUT2D eigenvalue weighted by Gasteiger charge is -2.15. The third-order valence-electron chi connectivity index (χ3n) is 3.21. The van der Waals surface area contributed by atoms with Crippen molar-refractivity contribution in [1.29, 1.82) is 0 Å². The monoisotopic (exact) mass is 272 g/mol. The van der Waals surface area contributed by atoms with E-state index in [9.17, 15) is 4.79 Å². The molecule has 0 aliphatic rings. The molecule has 1 aromatic heterocycles. The van der Waals surface area contributed by atoms with Crippen LogP contribution in [0.15, 0.2) is 30.3 Å². The minimum atomic E-state index is 0.102. The first kappa shape index (κ1) is 14.0. The number of carbonyl (C=O) groups is 1. The average molecular weight is 272 g/mol. The number of rotatable bonds is 2. The molecule has 0 bridgehead atoms. The van der Waals surface area contributed by atoms with Gasteiger partial charge in [-0.05, 0) is 43.0 Å². The third-order valence-corrected chi connectivity index (χ3v) is 4.72. The quantitative estimate of drug-likeness (QED) is 0.711. The first-order chi connectivity index (χ1) is 8.79. The third kappa shape index (κ3) is 2.95. The van der Waals surface area contributed by atoms with Gasteiger partial charge in [-0.25, -0.2) is 0 Å². The smallest absolute Gasteiger partial charge is 0.203 e. The highest BCUT2D eigenvalue weighted by atomic mass is 32.1. The Balaban J connectivity index is 2.39. The summed E-state index contributed by atoms with van der Waals surface area (Å²) in [5, 5.41) is 0. The van der Waals surface area contributed by atoms with Gasteiger partial charge in [0.1, 0.15) is 0 Å². The van der Waals surface area contributed by atoms with Crippen LogP contribution in [0.25, 0.3) is 0 Å². The first-order valence-corrected chi connectivity index (χ1v) is 7.33. The van der Waals surface area contributed by atoms with Gasteiger partial charge < -0.3 is 0 Å². The molecule has 0 N–H and O–H groups in total. The van der Waals surface area contributed by atoms with E-state index in [-0.39, 0.29) is 11.2 Å². The molecule has 2 heteroatoms. The van der Waals surface area contributed by atoms with Crippen molar-refractivity contribution in [3.8, 4) is 0 Å². The lowest BCUT2D eigenvalue weighted by molar-refractivity contribution is 0.104. The van der Waals surface area contributed by atoms with E-state index in [1.165, 1.54) is 4.88 Å². The SMILES string of the molecule is Cc1ccc(C)c(C(=O)c2ccc(C(C)(C)C)s2)c1. The van der Waals surface area contributed by atoms with E-state index in [1.807, 2.05) is 38.1 Å². The Kier molecular flexibility index (Phi) is 3.64. The molecular weight excluding hydrogens is 252 g/mol. The molecule has 1 nitrogen and oxygen atoms in total. The maximum atomic E-state index is 12.6. The molecule has 0 aliphatic carbocycles. The summed E-state index contributed by atoms with van der Waals surface area (Å²) in [5.74, 6) is 0.140. The average Bonchev–Trinajstić information content (AvgIpc) is 2.80. The Bertz CT molecular complexity index is 614. The predicted octanol–water partition coefficient (Wildman–Crippen LogP) is 4.89. The fourth-order valence-electron chi connectivity index (χ4n) is 1.98. The van der Waals surface area contributed by atoms with Crippen LogP contribution in [0.4, 0.5) is 0 Å². The van der Waals surface area contributed by atoms with Gasteiger partial charge in [0, 0.05) is 10.4 Å². The van der Waals surface area contributed by atoms with E-state index < -0.39 is 0 Å². The van der Waals surface area contributed by atoms with Crippen LogP contribution in [0.2, 0.25) is 0 Å². The molecule has 0 saturated carbocycles. The molecule has 0 aliphatic heterocycles. The topological polar surface area (TPSA) is 17.1 Å². The van der Waals surface area contributed by atoms with Crippen LogP contribution in [-0.2, 0) is 5.41 Å². The molecule has 0 radical (unpaired) electrons. The molecule has 0 saturated heterocycles. The molecule has 0 atom stereocenters. The molecule has 2 aromatic rings. The van der Waals surface area contributed by atoms with Crippen molar-refractivity contribution in [1.82, 2.24) is 0 Å². The van der Waals surface area contributed by atoms with E-state index in [0.29, 0.717) is 0 Å². The highest BCUT2D eigenvalue weighted by Crippen LogP contribution is 2.31. The second kappa shape index (κ2) is 4.93. The van der Waals surface area contributed by atoms with Gasteiger partial charge in [-0.3, -0.25) is 4.79 Å². The fraction of sp³-hybridized carbons (Fsp3) is 0.353. The zero-order valence-corrected chi connectivity index (χ0v) is 13.0. The minimum Gasteiger partial charge on any atom is -0.288 e. The normalized spacial score (nSPS) is 11.6. The van der Waals surface area contributed by atoms with Gasteiger partial charge in [0.2, 0.25) is 5.78 Å². The summed E-state index contributed by atoms with van der Waals surface area (Å²) >= 11 is 1.61. The van der Waals surface area contributed by atoms with Crippen molar-refractivity contribution in [2.45, 2.75) is 40.0 Å². The Morgan fingerprint density at radius 3 is 2.32 bits per heavy atom. The van der Waals surface area contributed by atoms with Gasteiger partial charge in [0.25, 0.3) is 0 Å². The molecule has 1 aromatic carbocycles. The molecular formula is C17H20OS. The fourth-order valence-corrected chi connectivity index (χ4v) is 2.99. The molecule has 1 heterocycles. The van der Waals surface area contributed by atoms with E-state index >= 15 is 0 Å². The number of benzene rings is 1. The van der Waals surface area contributed by atoms with Crippen LogP contribution in [-0.4, -0.2) is 5.78 Å². The number of thiophene rings is 1. The highest BCUT2D eigenvalue weighted by Gasteiger charge is 2.20. The number of hydrogen-bond acceptors (Lipinski definition) is 2. The van der Waals surface area contributed by atoms with Crippen LogP contribution >= 0.6 is 11.3 Å². The maximum Gasteiger partial charge on any atom is 0.203 e. The zero-order valence-electron chi connectivity index (χ0n) is 12.2. The Hall–Kier alpha value is -1.41. The molecule has 0 amide bonds. The lowest BCUT2D eigenvalue weighted by atomic mass is 9.95. The van der Waals surface area contributed by atoms with Crippen LogP contribution < -0.4 is 0 Å². The predicted molar refractivity (Wildman–Crippen MR) is 82.4 cm³/mol. The van der Waals surface area contributed by atoms with Gasteiger partial charge in [-0.15, -0.1) is 11.3 Å². The van der Waals surface area contributed by atoms with Gasteiger partial charge in [0.15, 0.2) is 0 Å². The first-order valence-electron chi connectivity index (χ1n) is 6.51. The summed E-state index contributed by atoms with van der Waals surface area (Å²) in [4.78, 5) is 14.7. The van der Waals surface area contributed by atoms with Crippen molar-refractivity contribution >= 4 is 17.1 Å². The second-order valence-corrected chi connectivity index (χ2v) is 7.15. The number of aryl methyl sites for hydroxylation is 2. The number of ketones is 1. The summed E-state index contributed by atoms with van der Waals surface area (Å²) in [7, 11) is 0. The van der Waals surface area contributed by atoms with Gasteiger partial charge >= 0.3 is 0 Å². The van der Waals surface area contributed by atoms with Crippen LogP contribution in [0.1, 0.15) is 52.0 Å².